The molecule has 0 aromatic heterocycles. The van der Waals surface area contributed by atoms with Crippen molar-refractivity contribution in [2.75, 3.05) is 20.3 Å². The number of amides is 1. The third-order valence-electron chi connectivity index (χ3n) is 3.91. The minimum Gasteiger partial charge on any atom is -0.534 e. The molecule has 1 aliphatic heterocycles. The van der Waals surface area contributed by atoms with Crippen LogP contribution in [0.3, 0.4) is 0 Å². The Morgan fingerprint density at radius 3 is 2.77 bits per heavy atom. The van der Waals surface area contributed by atoms with Crippen LogP contribution < -0.4 is 9.97 Å². The Hall–Kier alpha value is -2.39. The molecule has 0 aliphatic carbocycles. The smallest absolute Gasteiger partial charge is 0.534 e. The molecule has 1 atom stereocenters. The van der Waals surface area contributed by atoms with Crippen LogP contribution in [0.4, 0.5) is 0 Å². The number of nitrogens with one attached hydrogen (secondary N) is 1. The van der Waals surface area contributed by atoms with E-state index in [-0.39, 0.29) is 49.1 Å². The maximum absolute atomic E-state index is 12.2. The third kappa shape index (κ3) is 5.30. The van der Waals surface area contributed by atoms with Gasteiger partial charge in [-0.15, -0.1) is 0 Å². The van der Waals surface area contributed by atoms with Crippen molar-refractivity contribution in [3.8, 4) is 5.75 Å². The largest absolute Gasteiger partial charge is 0.547 e. The van der Waals surface area contributed by atoms with Crippen LogP contribution in [-0.2, 0) is 25.5 Å². The molecule has 0 radical (unpaired) electrons. The highest BCUT2D eigenvalue weighted by Gasteiger charge is 2.37. The number of esters is 1. The Morgan fingerprint density at radius 2 is 2.08 bits per heavy atom. The number of fused-ring (bicyclic) bond motifs is 1. The SMILES string of the molecule is COCCOC(=O)c1cccc2c1OB(O)C(NC(=O)CCC(C)=O)C2. The number of ether oxygens (including phenoxy) is 2. The van der Waals surface area contributed by atoms with Crippen LogP contribution >= 0.6 is 0 Å². The summed E-state index contributed by atoms with van der Waals surface area (Å²) >= 11 is 0. The number of ketones is 1. The van der Waals surface area contributed by atoms with Gasteiger partial charge in [0.2, 0.25) is 5.91 Å². The summed E-state index contributed by atoms with van der Waals surface area (Å²) in [6.07, 6.45) is 0.488. The third-order valence-corrected chi connectivity index (χ3v) is 3.91. The molecular formula is C17H22BNO7. The summed E-state index contributed by atoms with van der Waals surface area (Å²) in [5, 5.41) is 12.8. The second-order valence-corrected chi connectivity index (χ2v) is 6.01. The van der Waals surface area contributed by atoms with Gasteiger partial charge in [0.15, 0.2) is 0 Å². The van der Waals surface area contributed by atoms with Gasteiger partial charge in [0.25, 0.3) is 0 Å². The van der Waals surface area contributed by atoms with E-state index in [2.05, 4.69) is 5.32 Å². The summed E-state index contributed by atoms with van der Waals surface area (Å²) < 4.78 is 15.4. The van der Waals surface area contributed by atoms with E-state index in [9.17, 15) is 19.4 Å². The second-order valence-electron chi connectivity index (χ2n) is 6.01. The minimum absolute atomic E-state index is 0.0529. The van der Waals surface area contributed by atoms with E-state index in [0.29, 0.717) is 12.0 Å². The number of benzene rings is 1. The van der Waals surface area contributed by atoms with Gasteiger partial charge in [-0.3, -0.25) is 4.79 Å². The van der Waals surface area contributed by atoms with Gasteiger partial charge in [-0.25, -0.2) is 4.79 Å². The zero-order valence-electron chi connectivity index (χ0n) is 14.8. The lowest BCUT2D eigenvalue weighted by atomic mass is 9.72. The molecule has 0 fully saturated rings. The first-order valence-corrected chi connectivity index (χ1v) is 8.34. The number of Topliss-reactive ketones (excluding diaryl/α,β-unsaturated/α-hetero) is 1. The van der Waals surface area contributed by atoms with Crippen molar-refractivity contribution in [1.82, 2.24) is 5.32 Å². The molecule has 1 heterocycles. The summed E-state index contributed by atoms with van der Waals surface area (Å²) in [5.41, 5.74) is 0.882. The Labute approximate surface area is 152 Å². The van der Waals surface area contributed by atoms with Crippen LogP contribution in [0.5, 0.6) is 5.75 Å². The molecule has 8 nitrogen and oxygen atoms in total. The Kier molecular flexibility index (Phi) is 7.17. The van der Waals surface area contributed by atoms with E-state index in [0.717, 1.165) is 0 Å². The van der Waals surface area contributed by atoms with Gasteiger partial charge in [0, 0.05) is 20.0 Å². The summed E-state index contributed by atoms with van der Waals surface area (Å²) in [7, 11) is 0.194. The maximum Gasteiger partial charge on any atom is 0.547 e. The highest BCUT2D eigenvalue weighted by Crippen LogP contribution is 2.30. The number of carbonyl (C=O) groups excluding carboxylic acids is 3. The lowest BCUT2D eigenvalue weighted by Gasteiger charge is -2.29. The molecule has 0 saturated carbocycles. The van der Waals surface area contributed by atoms with Crippen LogP contribution in [-0.4, -0.2) is 56.1 Å². The zero-order valence-corrected chi connectivity index (χ0v) is 14.8. The highest BCUT2D eigenvalue weighted by molar-refractivity contribution is 6.47. The van der Waals surface area contributed by atoms with Crippen molar-refractivity contribution < 1.29 is 33.5 Å². The summed E-state index contributed by atoms with van der Waals surface area (Å²) in [4.78, 5) is 35.0. The molecule has 0 saturated heterocycles. The maximum atomic E-state index is 12.2. The molecule has 1 amide bonds. The van der Waals surface area contributed by atoms with Crippen molar-refractivity contribution in [3.05, 3.63) is 29.3 Å². The van der Waals surface area contributed by atoms with E-state index < -0.39 is 19.0 Å². The minimum atomic E-state index is -1.31. The van der Waals surface area contributed by atoms with E-state index in [4.69, 9.17) is 14.1 Å². The normalized spacial score (nSPS) is 15.7. The fourth-order valence-corrected chi connectivity index (χ4v) is 2.57. The molecule has 1 aliphatic rings. The molecule has 1 aromatic carbocycles. The predicted octanol–water partition coefficient (Wildman–Crippen LogP) is 0.298. The van der Waals surface area contributed by atoms with Crippen LogP contribution in [0, 0.1) is 0 Å². The average molecular weight is 363 g/mol. The molecule has 9 heteroatoms. The van der Waals surface area contributed by atoms with Gasteiger partial charge >= 0.3 is 13.1 Å². The first-order chi connectivity index (χ1) is 12.4. The summed E-state index contributed by atoms with van der Waals surface area (Å²) in [5.74, 6) is -1.41. The van der Waals surface area contributed by atoms with Crippen LogP contribution in [0.2, 0.25) is 0 Å². The Bertz CT molecular complexity index is 679. The number of methoxy groups -OCH3 is 1. The first kappa shape index (κ1) is 19.9. The average Bonchev–Trinajstić information content (AvgIpc) is 2.60. The molecule has 0 bridgehead atoms. The molecule has 26 heavy (non-hydrogen) atoms. The topological polar surface area (TPSA) is 111 Å². The van der Waals surface area contributed by atoms with Gasteiger partial charge in [0.1, 0.15) is 23.7 Å². The quantitative estimate of drug-likeness (QED) is 0.388. The summed E-state index contributed by atoms with van der Waals surface area (Å²) in [6.45, 7) is 1.80. The van der Waals surface area contributed by atoms with Gasteiger partial charge < -0.3 is 29.3 Å². The molecule has 1 aromatic rings. The zero-order chi connectivity index (χ0) is 19.1. The van der Waals surface area contributed by atoms with Gasteiger partial charge in [-0.05, 0) is 25.0 Å². The molecule has 140 valence electrons. The fraction of sp³-hybridized carbons (Fsp3) is 0.471. The highest BCUT2D eigenvalue weighted by atomic mass is 16.6. The Balaban J connectivity index is 2.05. The van der Waals surface area contributed by atoms with Crippen LogP contribution in [0.15, 0.2) is 18.2 Å². The lowest BCUT2D eigenvalue weighted by Crippen LogP contribution is -2.53. The molecule has 0 spiro atoms. The monoisotopic (exact) mass is 363 g/mol. The molecular weight excluding hydrogens is 341 g/mol. The number of para-hydroxylation sites is 1. The van der Waals surface area contributed by atoms with Crippen molar-refractivity contribution >= 4 is 24.8 Å². The van der Waals surface area contributed by atoms with Crippen molar-refractivity contribution in [1.29, 1.82) is 0 Å². The Morgan fingerprint density at radius 1 is 1.31 bits per heavy atom. The number of hydrogen-bond acceptors (Lipinski definition) is 7. The van der Waals surface area contributed by atoms with Crippen molar-refractivity contribution in [3.63, 3.8) is 0 Å². The second kappa shape index (κ2) is 9.35. The standard InChI is InChI=1S/C17H22BNO7/c1-11(20)6-7-15(21)19-14-10-12-4-3-5-13(16(12)26-18(14)23)17(22)25-9-8-24-2/h3-5,14,23H,6-10H2,1-2H3,(H,19,21). The fourth-order valence-electron chi connectivity index (χ4n) is 2.57. The van der Waals surface area contributed by atoms with E-state index in [1.165, 1.54) is 14.0 Å². The first-order valence-electron chi connectivity index (χ1n) is 8.34. The van der Waals surface area contributed by atoms with E-state index >= 15 is 0 Å². The predicted molar refractivity (Wildman–Crippen MR) is 92.8 cm³/mol. The van der Waals surface area contributed by atoms with Crippen LogP contribution in [0.25, 0.3) is 0 Å². The van der Waals surface area contributed by atoms with Crippen molar-refractivity contribution in [2.45, 2.75) is 32.1 Å². The summed E-state index contributed by atoms with van der Waals surface area (Å²) in [6, 6.07) is 4.98. The molecule has 2 rings (SSSR count). The number of carbonyl (C=O) groups is 3. The molecule has 1 unspecified atom stereocenters. The number of rotatable bonds is 8. The van der Waals surface area contributed by atoms with Gasteiger partial charge in [0.05, 0.1) is 12.5 Å². The van der Waals surface area contributed by atoms with E-state index in [1.54, 1.807) is 18.2 Å². The number of hydrogen-bond donors (Lipinski definition) is 2. The van der Waals surface area contributed by atoms with Crippen molar-refractivity contribution in [2.24, 2.45) is 0 Å². The van der Waals surface area contributed by atoms with Gasteiger partial charge in [-0.2, -0.15) is 0 Å². The molecule has 2 N–H and O–H groups in total. The van der Waals surface area contributed by atoms with Gasteiger partial charge in [-0.1, -0.05) is 12.1 Å². The van der Waals surface area contributed by atoms with Crippen LogP contribution in [0.1, 0.15) is 35.7 Å². The lowest BCUT2D eigenvalue weighted by molar-refractivity contribution is -0.124. The van der Waals surface area contributed by atoms with E-state index in [1.807, 2.05) is 0 Å².